The third-order valence-electron chi connectivity index (χ3n) is 6.53. The maximum atomic E-state index is 12.8. The zero-order chi connectivity index (χ0) is 19.2. The lowest BCUT2D eigenvalue weighted by Crippen LogP contribution is -2.39. The Morgan fingerprint density at radius 2 is 1.67 bits per heavy atom. The average Bonchev–Trinajstić information content (AvgIpc) is 3.17. The van der Waals surface area contributed by atoms with Gasteiger partial charge in [0.05, 0.1) is 11.6 Å². The minimum atomic E-state index is -0.739. The molecule has 1 aliphatic carbocycles. The molecule has 2 aromatic carbocycles. The fraction of sp³-hybridized carbons (Fsp3) is 0.435. The van der Waals surface area contributed by atoms with E-state index in [9.17, 15) is 15.0 Å². The molecule has 0 amide bonds. The fourth-order valence-electron chi connectivity index (χ4n) is 5.05. The number of hydrogen-bond acceptors (Lipinski definition) is 4. The first kappa shape index (κ1) is 18.2. The molecule has 2 aliphatic rings. The van der Waals surface area contributed by atoms with E-state index < -0.39 is 5.60 Å². The molecule has 0 spiro atoms. The van der Waals surface area contributed by atoms with Crippen LogP contribution in [0.1, 0.15) is 41.3 Å². The molecule has 142 valence electrons. The van der Waals surface area contributed by atoms with Crippen LogP contribution in [0.15, 0.2) is 48.5 Å². The largest absolute Gasteiger partial charge is 0.508 e. The summed E-state index contributed by atoms with van der Waals surface area (Å²) < 4.78 is 0. The molecular weight excluding hydrogens is 338 g/mol. The van der Waals surface area contributed by atoms with Gasteiger partial charge in [0.15, 0.2) is 5.78 Å². The number of fused-ring (bicyclic) bond motifs is 1. The predicted molar refractivity (Wildman–Crippen MR) is 105 cm³/mol. The molecule has 1 saturated carbocycles. The van der Waals surface area contributed by atoms with Crippen molar-refractivity contribution >= 4 is 5.78 Å². The normalized spacial score (nSPS) is 28.9. The summed E-state index contributed by atoms with van der Waals surface area (Å²) in [5.41, 5.74) is 2.09. The Bertz CT molecular complexity index is 831. The molecule has 0 aromatic heterocycles. The number of phenols is 1. The smallest absolute Gasteiger partial charge is 0.179 e. The highest BCUT2D eigenvalue weighted by atomic mass is 16.3. The first-order valence-electron chi connectivity index (χ1n) is 9.73. The summed E-state index contributed by atoms with van der Waals surface area (Å²) in [6.45, 7) is 5.73. The third kappa shape index (κ3) is 3.28. The molecule has 1 aliphatic heterocycles. The number of ketones is 1. The van der Waals surface area contributed by atoms with E-state index in [1.807, 2.05) is 25.1 Å². The van der Waals surface area contributed by atoms with Gasteiger partial charge in [-0.05, 0) is 73.9 Å². The molecule has 4 heteroatoms. The topological polar surface area (TPSA) is 60.8 Å². The van der Waals surface area contributed by atoms with E-state index in [0.717, 1.165) is 37.1 Å². The number of carbonyl (C=O) groups is 1. The van der Waals surface area contributed by atoms with E-state index in [2.05, 4.69) is 17.9 Å². The Labute approximate surface area is 160 Å². The summed E-state index contributed by atoms with van der Waals surface area (Å²) in [4.78, 5) is 15.0. The van der Waals surface area contributed by atoms with Crippen LogP contribution in [0.5, 0.6) is 5.75 Å². The fourth-order valence-corrected chi connectivity index (χ4v) is 5.05. The highest BCUT2D eigenvalue weighted by Gasteiger charge is 2.50. The second-order valence-corrected chi connectivity index (χ2v) is 8.32. The van der Waals surface area contributed by atoms with Gasteiger partial charge < -0.3 is 10.2 Å². The van der Waals surface area contributed by atoms with Crippen LogP contribution in [0, 0.1) is 18.8 Å². The van der Waals surface area contributed by atoms with Crippen LogP contribution in [-0.2, 0) is 5.60 Å². The van der Waals surface area contributed by atoms with Gasteiger partial charge in [-0.15, -0.1) is 0 Å². The zero-order valence-corrected chi connectivity index (χ0v) is 15.9. The lowest BCUT2D eigenvalue weighted by atomic mass is 9.87. The van der Waals surface area contributed by atoms with Crippen LogP contribution < -0.4 is 0 Å². The molecule has 1 heterocycles. The summed E-state index contributed by atoms with van der Waals surface area (Å²) in [5, 5.41) is 20.7. The molecule has 4 nitrogen and oxygen atoms in total. The summed E-state index contributed by atoms with van der Waals surface area (Å²) >= 11 is 0. The molecule has 4 rings (SSSR count). The van der Waals surface area contributed by atoms with Crippen molar-refractivity contribution in [3.05, 3.63) is 65.2 Å². The summed E-state index contributed by atoms with van der Waals surface area (Å²) in [7, 11) is 0. The van der Waals surface area contributed by atoms with E-state index in [-0.39, 0.29) is 17.6 Å². The average molecular weight is 365 g/mol. The van der Waals surface area contributed by atoms with Crippen molar-refractivity contribution in [1.29, 1.82) is 0 Å². The van der Waals surface area contributed by atoms with E-state index in [0.29, 0.717) is 17.4 Å². The first-order chi connectivity index (χ1) is 12.9. The maximum absolute atomic E-state index is 12.8. The molecule has 27 heavy (non-hydrogen) atoms. The summed E-state index contributed by atoms with van der Waals surface area (Å²) in [6, 6.07) is 14.4. The SMILES string of the molecule is Cc1ccccc1C1(O)C[C@H]2CN(C(C)C(=O)c3ccc(O)cc3)C[C@H]2C1. The minimum absolute atomic E-state index is 0.0872. The highest BCUT2D eigenvalue weighted by molar-refractivity contribution is 5.99. The zero-order valence-electron chi connectivity index (χ0n) is 15.9. The van der Waals surface area contributed by atoms with E-state index in [1.54, 1.807) is 24.3 Å². The number of aryl methyl sites for hydroxylation is 1. The van der Waals surface area contributed by atoms with Gasteiger partial charge in [-0.25, -0.2) is 0 Å². The van der Waals surface area contributed by atoms with E-state index in [1.165, 1.54) is 0 Å². The lowest BCUT2D eigenvalue weighted by Gasteiger charge is -2.29. The standard InChI is InChI=1S/C23H27NO3/c1-15-5-3-4-6-21(15)23(27)11-18-13-24(14-19(18)12-23)16(2)22(26)17-7-9-20(25)10-8-17/h3-10,16,18-19,25,27H,11-14H2,1-2H3/t16?,18-,19+,23?. The number of aromatic hydroxyl groups is 1. The monoisotopic (exact) mass is 365 g/mol. The van der Waals surface area contributed by atoms with Crippen molar-refractivity contribution in [2.45, 2.75) is 38.3 Å². The van der Waals surface area contributed by atoms with Gasteiger partial charge in [0.25, 0.3) is 0 Å². The Morgan fingerprint density at radius 3 is 2.26 bits per heavy atom. The van der Waals surface area contributed by atoms with Gasteiger partial charge in [-0.1, -0.05) is 24.3 Å². The Morgan fingerprint density at radius 1 is 1.07 bits per heavy atom. The summed E-state index contributed by atoms with van der Waals surface area (Å²) in [6.07, 6.45) is 1.53. The highest BCUT2D eigenvalue weighted by Crippen LogP contribution is 2.50. The molecule has 2 N–H and O–H groups in total. The van der Waals surface area contributed by atoms with Crippen molar-refractivity contribution < 1.29 is 15.0 Å². The number of rotatable bonds is 4. The van der Waals surface area contributed by atoms with Crippen LogP contribution in [-0.4, -0.2) is 40.0 Å². The van der Waals surface area contributed by atoms with Crippen molar-refractivity contribution in [2.24, 2.45) is 11.8 Å². The van der Waals surface area contributed by atoms with Gasteiger partial charge in [-0.3, -0.25) is 9.69 Å². The van der Waals surface area contributed by atoms with Crippen LogP contribution in [0.25, 0.3) is 0 Å². The molecule has 0 bridgehead atoms. The van der Waals surface area contributed by atoms with Crippen LogP contribution in [0.4, 0.5) is 0 Å². The van der Waals surface area contributed by atoms with Gasteiger partial charge in [0, 0.05) is 18.7 Å². The van der Waals surface area contributed by atoms with Crippen LogP contribution in [0.3, 0.4) is 0 Å². The third-order valence-corrected chi connectivity index (χ3v) is 6.53. The number of aliphatic hydroxyl groups is 1. The first-order valence-corrected chi connectivity index (χ1v) is 9.73. The molecule has 2 aromatic rings. The molecule has 0 radical (unpaired) electrons. The Kier molecular flexibility index (Phi) is 4.57. The number of nitrogens with zero attached hydrogens (tertiary/aromatic N) is 1. The summed E-state index contributed by atoms with van der Waals surface area (Å²) in [5.74, 6) is 1.10. The van der Waals surface area contributed by atoms with Crippen LogP contribution >= 0.6 is 0 Å². The van der Waals surface area contributed by atoms with Crippen LogP contribution in [0.2, 0.25) is 0 Å². The van der Waals surface area contributed by atoms with Gasteiger partial charge in [0.1, 0.15) is 5.75 Å². The van der Waals surface area contributed by atoms with E-state index in [4.69, 9.17) is 0 Å². The number of likely N-dealkylation sites (tertiary alicyclic amines) is 1. The molecular formula is C23H27NO3. The second kappa shape index (κ2) is 6.77. The molecule has 4 atom stereocenters. The predicted octanol–water partition coefficient (Wildman–Crippen LogP) is 3.50. The molecule has 2 fully saturated rings. The number of carbonyl (C=O) groups excluding carboxylic acids is 1. The number of hydrogen-bond donors (Lipinski definition) is 2. The maximum Gasteiger partial charge on any atom is 0.179 e. The van der Waals surface area contributed by atoms with Gasteiger partial charge in [0.2, 0.25) is 0 Å². The van der Waals surface area contributed by atoms with Crippen molar-refractivity contribution in [3.63, 3.8) is 0 Å². The number of phenolic OH excluding ortho intramolecular Hbond substituents is 1. The van der Waals surface area contributed by atoms with Gasteiger partial charge >= 0.3 is 0 Å². The number of benzene rings is 2. The van der Waals surface area contributed by atoms with Crippen molar-refractivity contribution in [3.8, 4) is 5.75 Å². The lowest BCUT2D eigenvalue weighted by molar-refractivity contribution is 0.0292. The van der Waals surface area contributed by atoms with Crippen molar-refractivity contribution in [2.75, 3.05) is 13.1 Å². The molecule has 1 saturated heterocycles. The quantitative estimate of drug-likeness (QED) is 0.814. The number of Topliss-reactive ketones (excluding diaryl/α,β-unsaturated/α-hetero) is 1. The Balaban J connectivity index is 1.44. The second-order valence-electron chi connectivity index (χ2n) is 8.32. The van der Waals surface area contributed by atoms with Gasteiger partial charge in [-0.2, -0.15) is 0 Å². The van der Waals surface area contributed by atoms with Crippen molar-refractivity contribution in [1.82, 2.24) is 4.90 Å². The van der Waals surface area contributed by atoms with E-state index >= 15 is 0 Å². The molecule has 2 unspecified atom stereocenters. The minimum Gasteiger partial charge on any atom is -0.508 e. The Hall–Kier alpha value is -2.17.